The zero-order valence-electron chi connectivity index (χ0n) is 11.2. The topological polar surface area (TPSA) is 29.9 Å². The van der Waals surface area contributed by atoms with E-state index in [-0.39, 0.29) is 0 Å². The first-order valence-electron chi connectivity index (χ1n) is 7.03. The van der Waals surface area contributed by atoms with Crippen LogP contribution in [0.25, 0.3) is 0 Å². The van der Waals surface area contributed by atoms with Gasteiger partial charge in [-0.1, -0.05) is 32.6 Å². The van der Waals surface area contributed by atoms with E-state index in [9.17, 15) is 0 Å². The van der Waals surface area contributed by atoms with E-state index in [2.05, 4.69) is 35.3 Å². The highest BCUT2D eigenvalue weighted by Crippen LogP contribution is 2.32. The standard InChI is InChI=1S/C14H25N3/c1-3-8-17-11-13(10-16-17)14(15-2)9-12-6-4-5-7-12/h10-12,14-15H,3-9H2,1-2H3. The third-order valence-corrected chi connectivity index (χ3v) is 3.90. The summed E-state index contributed by atoms with van der Waals surface area (Å²) in [6.45, 7) is 3.22. The van der Waals surface area contributed by atoms with E-state index < -0.39 is 0 Å². The van der Waals surface area contributed by atoms with Crippen molar-refractivity contribution in [1.82, 2.24) is 15.1 Å². The molecule has 0 aliphatic heterocycles. The Morgan fingerprint density at radius 2 is 2.24 bits per heavy atom. The third-order valence-electron chi connectivity index (χ3n) is 3.90. The van der Waals surface area contributed by atoms with Crippen molar-refractivity contribution in [2.45, 2.75) is 58.0 Å². The molecule has 1 saturated carbocycles. The first kappa shape index (κ1) is 12.6. The first-order chi connectivity index (χ1) is 8.33. The normalized spacial score (nSPS) is 18.7. The monoisotopic (exact) mass is 235 g/mol. The van der Waals surface area contributed by atoms with Crippen LogP contribution in [0, 0.1) is 5.92 Å². The number of hydrogen-bond donors (Lipinski definition) is 1. The summed E-state index contributed by atoms with van der Waals surface area (Å²) in [4.78, 5) is 0. The van der Waals surface area contributed by atoms with Gasteiger partial charge in [-0.15, -0.1) is 0 Å². The van der Waals surface area contributed by atoms with E-state index in [1.165, 1.54) is 37.7 Å². The Kier molecular flexibility index (Phi) is 4.60. The number of aryl methyl sites for hydroxylation is 1. The molecule has 0 amide bonds. The summed E-state index contributed by atoms with van der Waals surface area (Å²) >= 11 is 0. The van der Waals surface area contributed by atoms with Crippen LogP contribution in [0.4, 0.5) is 0 Å². The van der Waals surface area contributed by atoms with Gasteiger partial charge in [0, 0.05) is 24.3 Å². The minimum absolute atomic E-state index is 0.490. The molecule has 1 aliphatic rings. The molecule has 1 aromatic heterocycles. The van der Waals surface area contributed by atoms with Gasteiger partial charge >= 0.3 is 0 Å². The maximum atomic E-state index is 4.43. The van der Waals surface area contributed by atoms with Crippen LogP contribution in [0.15, 0.2) is 12.4 Å². The zero-order chi connectivity index (χ0) is 12.1. The predicted molar refractivity (Wildman–Crippen MR) is 70.9 cm³/mol. The minimum atomic E-state index is 0.490. The molecule has 96 valence electrons. The molecule has 1 N–H and O–H groups in total. The minimum Gasteiger partial charge on any atom is -0.313 e. The molecular weight excluding hydrogens is 210 g/mol. The summed E-state index contributed by atoms with van der Waals surface area (Å²) in [7, 11) is 2.07. The zero-order valence-corrected chi connectivity index (χ0v) is 11.2. The molecule has 1 heterocycles. The highest BCUT2D eigenvalue weighted by atomic mass is 15.3. The summed E-state index contributed by atoms with van der Waals surface area (Å²) in [5.41, 5.74) is 1.35. The summed E-state index contributed by atoms with van der Waals surface area (Å²) in [6, 6.07) is 0.490. The second-order valence-corrected chi connectivity index (χ2v) is 5.26. The molecule has 0 bridgehead atoms. The highest BCUT2D eigenvalue weighted by Gasteiger charge is 2.21. The van der Waals surface area contributed by atoms with Crippen LogP contribution >= 0.6 is 0 Å². The Hall–Kier alpha value is -0.830. The van der Waals surface area contributed by atoms with E-state index >= 15 is 0 Å². The SMILES string of the molecule is CCCn1cc(C(CC2CCCC2)NC)cn1. The van der Waals surface area contributed by atoms with E-state index in [4.69, 9.17) is 0 Å². The molecule has 3 nitrogen and oxygen atoms in total. The van der Waals surface area contributed by atoms with Gasteiger partial charge in [-0.25, -0.2) is 0 Å². The van der Waals surface area contributed by atoms with Crippen LogP contribution in [0.3, 0.4) is 0 Å². The van der Waals surface area contributed by atoms with Crippen LogP contribution in [0.1, 0.15) is 57.1 Å². The van der Waals surface area contributed by atoms with Gasteiger partial charge in [0.15, 0.2) is 0 Å². The number of nitrogens with zero attached hydrogens (tertiary/aromatic N) is 2. The molecule has 1 unspecified atom stereocenters. The molecule has 1 aromatic rings. The van der Waals surface area contributed by atoms with Crippen LogP contribution in [0.5, 0.6) is 0 Å². The Morgan fingerprint density at radius 1 is 1.47 bits per heavy atom. The lowest BCUT2D eigenvalue weighted by Gasteiger charge is -2.18. The first-order valence-corrected chi connectivity index (χ1v) is 7.03. The lowest BCUT2D eigenvalue weighted by Crippen LogP contribution is -2.18. The number of hydrogen-bond acceptors (Lipinski definition) is 2. The maximum Gasteiger partial charge on any atom is 0.0537 e. The number of nitrogens with one attached hydrogen (secondary N) is 1. The van der Waals surface area contributed by atoms with Gasteiger partial charge in [0.05, 0.1) is 6.20 Å². The smallest absolute Gasteiger partial charge is 0.0537 e. The van der Waals surface area contributed by atoms with Crippen molar-refractivity contribution < 1.29 is 0 Å². The van der Waals surface area contributed by atoms with E-state index in [0.29, 0.717) is 6.04 Å². The Balaban J connectivity index is 1.95. The molecule has 17 heavy (non-hydrogen) atoms. The molecule has 3 heteroatoms. The van der Waals surface area contributed by atoms with E-state index in [0.717, 1.165) is 18.9 Å². The van der Waals surface area contributed by atoms with Gasteiger partial charge in [0.25, 0.3) is 0 Å². The predicted octanol–water partition coefficient (Wildman–Crippen LogP) is 3.13. The molecule has 0 aromatic carbocycles. The summed E-state index contributed by atoms with van der Waals surface area (Å²) in [6.07, 6.45) is 12.3. The average molecular weight is 235 g/mol. The maximum absolute atomic E-state index is 4.43. The molecular formula is C14H25N3. The average Bonchev–Trinajstić information content (AvgIpc) is 2.97. The van der Waals surface area contributed by atoms with Gasteiger partial charge in [-0.05, 0) is 25.8 Å². The van der Waals surface area contributed by atoms with E-state index in [1.54, 1.807) is 0 Å². The fraction of sp³-hybridized carbons (Fsp3) is 0.786. The fourth-order valence-corrected chi connectivity index (χ4v) is 2.91. The van der Waals surface area contributed by atoms with Crippen LogP contribution < -0.4 is 5.32 Å². The van der Waals surface area contributed by atoms with E-state index in [1.807, 2.05) is 6.20 Å². The van der Waals surface area contributed by atoms with Gasteiger partial charge < -0.3 is 5.32 Å². The molecule has 0 radical (unpaired) electrons. The Labute approximate surface area is 105 Å². The summed E-state index contributed by atoms with van der Waals surface area (Å²) in [5.74, 6) is 0.918. The number of rotatable bonds is 6. The Morgan fingerprint density at radius 3 is 2.88 bits per heavy atom. The van der Waals surface area contributed by atoms with Crippen LogP contribution in [-0.2, 0) is 6.54 Å². The lowest BCUT2D eigenvalue weighted by atomic mass is 9.95. The quantitative estimate of drug-likeness (QED) is 0.821. The van der Waals surface area contributed by atoms with Crippen molar-refractivity contribution in [2.75, 3.05) is 7.05 Å². The molecule has 1 aliphatic carbocycles. The van der Waals surface area contributed by atoms with Crippen molar-refractivity contribution in [3.8, 4) is 0 Å². The summed E-state index contributed by atoms with van der Waals surface area (Å²) < 4.78 is 2.06. The third kappa shape index (κ3) is 3.32. The highest BCUT2D eigenvalue weighted by molar-refractivity contribution is 5.10. The van der Waals surface area contributed by atoms with Crippen molar-refractivity contribution in [1.29, 1.82) is 0 Å². The second kappa shape index (κ2) is 6.20. The van der Waals surface area contributed by atoms with Gasteiger partial charge in [-0.2, -0.15) is 5.10 Å². The summed E-state index contributed by atoms with van der Waals surface area (Å²) in [5, 5.41) is 7.87. The lowest BCUT2D eigenvalue weighted by molar-refractivity contribution is 0.413. The molecule has 2 rings (SSSR count). The van der Waals surface area contributed by atoms with Crippen LogP contribution in [0.2, 0.25) is 0 Å². The molecule has 1 atom stereocenters. The van der Waals surface area contributed by atoms with Crippen molar-refractivity contribution in [3.05, 3.63) is 18.0 Å². The van der Waals surface area contributed by atoms with Crippen LogP contribution in [-0.4, -0.2) is 16.8 Å². The van der Waals surface area contributed by atoms with Gasteiger partial charge in [-0.3, -0.25) is 4.68 Å². The number of aromatic nitrogens is 2. The van der Waals surface area contributed by atoms with Crippen molar-refractivity contribution >= 4 is 0 Å². The molecule has 0 saturated heterocycles. The fourth-order valence-electron chi connectivity index (χ4n) is 2.91. The van der Waals surface area contributed by atoms with Crippen molar-refractivity contribution in [2.24, 2.45) is 5.92 Å². The Bertz CT molecular complexity index is 326. The largest absolute Gasteiger partial charge is 0.313 e. The second-order valence-electron chi connectivity index (χ2n) is 5.26. The van der Waals surface area contributed by atoms with Crippen molar-refractivity contribution in [3.63, 3.8) is 0 Å². The molecule has 0 spiro atoms. The van der Waals surface area contributed by atoms with Gasteiger partial charge in [0.1, 0.15) is 0 Å². The van der Waals surface area contributed by atoms with Gasteiger partial charge in [0.2, 0.25) is 0 Å². The molecule has 1 fully saturated rings.